The van der Waals surface area contributed by atoms with E-state index in [1.807, 2.05) is 33.8 Å². The minimum absolute atomic E-state index is 0.00699. The Hall–Kier alpha value is -3.87. The molecule has 0 aliphatic rings. The summed E-state index contributed by atoms with van der Waals surface area (Å²) >= 11 is 0. The highest BCUT2D eigenvalue weighted by Gasteiger charge is 2.24. The van der Waals surface area contributed by atoms with E-state index in [1.54, 1.807) is 6.08 Å². The first-order valence-corrected chi connectivity index (χ1v) is 10.1. The monoisotopic (exact) mass is 438 g/mol. The van der Waals surface area contributed by atoms with Crippen molar-refractivity contribution in [1.82, 2.24) is 0 Å². The quantitative estimate of drug-likeness (QED) is 0.215. The predicted molar refractivity (Wildman–Crippen MR) is 123 cm³/mol. The fraction of sp³-hybridized carbons (Fsp3) is 0.240. The van der Waals surface area contributed by atoms with E-state index in [4.69, 9.17) is 4.42 Å². The Balaban J connectivity index is 2.48. The lowest BCUT2D eigenvalue weighted by atomic mass is 9.97. The molecule has 0 unspecified atom stereocenters. The third kappa shape index (κ3) is 4.27. The lowest BCUT2D eigenvalue weighted by Gasteiger charge is -2.15. The minimum Gasteiger partial charge on any atom is -0.507 e. The summed E-state index contributed by atoms with van der Waals surface area (Å²) in [6, 6.07) is 3.16. The Morgan fingerprint density at radius 3 is 1.88 bits per heavy atom. The number of hydrogen-bond acceptors (Lipinski definition) is 7. The van der Waals surface area contributed by atoms with Crippen molar-refractivity contribution in [2.75, 3.05) is 0 Å². The van der Waals surface area contributed by atoms with Crippen molar-refractivity contribution < 1.29 is 29.9 Å². The molecule has 168 valence electrons. The second-order valence-corrected chi connectivity index (χ2v) is 8.17. The first kappa shape index (κ1) is 22.8. The molecule has 0 radical (unpaired) electrons. The summed E-state index contributed by atoms with van der Waals surface area (Å²) < 4.78 is 6.06. The molecule has 0 fully saturated rings. The van der Waals surface area contributed by atoms with Gasteiger partial charge >= 0.3 is 0 Å². The molecule has 0 aliphatic carbocycles. The van der Waals surface area contributed by atoms with E-state index in [0.717, 1.165) is 29.3 Å². The number of rotatable bonds is 5. The van der Waals surface area contributed by atoms with Gasteiger partial charge < -0.3 is 29.9 Å². The van der Waals surface area contributed by atoms with Gasteiger partial charge in [0.1, 0.15) is 34.0 Å². The van der Waals surface area contributed by atoms with Gasteiger partial charge in [0.2, 0.25) is 5.43 Å². The maximum atomic E-state index is 13.5. The first-order valence-electron chi connectivity index (χ1n) is 10.1. The number of benzene rings is 2. The van der Waals surface area contributed by atoms with Crippen LogP contribution in [0.4, 0.5) is 0 Å². The average molecular weight is 438 g/mol. The van der Waals surface area contributed by atoms with Crippen molar-refractivity contribution in [2.24, 2.45) is 0 Å². The Labute approximate surface area is 184 Å². The SMILES string of the molecule is CC(C)=CCc1c(-c2cc(O)c(O)cc2O)oc2c(CC=C(C)C)c(O)cc(O)c2c1=O. The van der Waals surface area contributed by atoms with Crippen molar-refractivity contribution in [2.45, 2.75) is 40.5 Å². The van der Waals surface area contributed by atoms with E-state index < -0.39 is 28.4 Å². The number of fused-ring (bicyclic) bond motifs is 1. The normalized spacial score (nSPS) is 10.9. The van der Waals surface area contributed by atoms with Crippen LogP contribution < -0.4 is 5.43 Å². The molecule has 1 aromatic heterocycles. The summed E-state index contributed by atoms with van der Waals surface area (Å²) in [5.41, 5.74) is 1.81. The molecule has 32 heavy (non-hydrogen) atoms. The Morgan fingerprint density at radius 2 is 1.28 bits per heavy atom. The third-order valence-electron chi connectivity index (χ3n) is 5.09. The van der Waals surface area contributed by atoms with E-state index >= 15 is 0 Å². The van der Waals surface area contributed by atoms with Crippen LogP contribution in [0.3, 0.4) is 0 Å². The lowest BCUT2D eigenvalue weighted by molar-refractivity contribution is 0.396. The number of allylic oxidation sites excluding steroid dienone is 4. The topological polar surface area (TPSA) is 131 Å². The summed E-state index contributed by atoms with van der Waals surface area (Å²) in [6.45, 7) is 7.49. The molecule has 7 nitrogen and oxygen atoms in total. The van der Waals surface area contributed by atoms with Crippen molar-refractivity contribution in [3.63, 3.8) is 0 Å². The van der Waals surface area contributed by atoms with Gasteiger partial charge in [-0.15, -0.1) is 0 Å². The first-order chi connectivity index (χ1) is 15.0. The predicted octanol–water partition coefficient (Wildman–Crippen LogP) is 5.01. The molecule has 0 bridgehead atoms. The number of phenolic OH excluding ortho intramolecular Hbond substituents is 5. The van der Waals surface area contributed by atoms with Crippen LogP contribution in [-0.2, 0) is 12.8 Å². The van der Waals surface area contributed by atoms with Crippen LogP contribution in [-0.4, -0.2) is 25.5 Å². The molecule has 0 saturated heterocycles. The van der Waals surface area contributed by atoms with Crippen LogP contribution in [0, 0.1) is 0 Å². The minimum atomic E-state index is -0.528. The molecular formula is C25H26O7. The fourth-order valence-corrected chi connectivity index (χ4v) is 3.38. The molecule has 0 aliphatic heterocycles. The average Bonchev–Trinajstić information content (AvgIpc) is 2.68. The van der Waals surface area contributed by atoms with Gasteiger partial charge in [0, 0.05) is 23.3 Å². The Morgan fingerprint density at radius 1 is 0.750 bits per heavy atom. The molecule has 1 heterocycles. The number of hydrogen-bond donors (Lipinski definition) is 5. The molecule has 0 atom stereocenters. The summed E-state index contributed by atoms with van der Waals surface area (Å²) in [7, 11) is 0. The molecule has 0 saturated carbocycles. The van der Waals surface area contributed by atoms with Gasteiger partial charge in [-0.05, 0) is 46.6 Å². The summed E-state index contributed by atoms with van der Waals surface area (Å²) in [5.74, 6) is -2.13. The summed E-state index contributed by atoms with van der Waals surface area (Å²) in [4.78, 5) is 13.5. The maximum Gasteiger partial charge on any atom is 0.200 e. The van der Waals surface area contributed by atoms with Gasteiger partial charge in [-0.2, -0.15) is 0 Å². The van der Waals surface area contributed by atoms with E-state index in [1.165, 1.54) is 0 Å². The smallest absolute Gasteiger partial charge is 0.200 e. The van der Waals surface area contributed by atoms with Gasteiger partial charge in [-0.3, -0.25) is 4.79 Å². The molecule has 0 amide bonds. The van der Waals surface area contributed by atoms with E-state index in [2.05, 4.69) is 0 Å². The summed E-state index contributed by atoms with van der Waals surface area (Å²) in [5, 5.41) is 50.9. The highest BCUT2D eigenvalue weighted by molar-refractivity contribution is 5.91. The van der Waals surface area contributed by atoms with Crippen molar-refractivity contribution in [3.8, 4) is 40.1 Å². The highest BCUT2D eigenvalue weighted by Crippen LogP contribution is 2.42. The summed E-state index contributed by atoms with van der Waals surface area (Å²) in [6.07, 6.45) is 4.01. The zero-order valence-corrected chi connectivity index (χ0v) is 18.4. The van der Waals surface area contributed by atoms with Crippen molar-refractivity contribution in [3.05, 3.63) is 62.8 Å². The molecule has 3 aromatic rings. The van der Waals surface area contributed by atoms with Crippen LogP contribution in [0.5, 0.6) is 28.7 Å². The number of aromatic hydroxyl groups is 5. The van der Waals surface area contributed by atoms with E-state index in [9.17, 15) is 30.3 Å². The van der Waals surface area contributed by atoms with Crippen LogP contribution in [0.25, 0.3) is 22.3 Å². The van der Waals surface area contributed by atoms with Crippen LogP contribution >= 0.6 is 0 Å². The van der Waals surface area contributed by atoms with Crippen molar-refractivity contribution in [1.29, 1.82) is 0 Å². The van der Waals surface area contributed by atoms with Gasteiger partial charge in [0.15, 0.2) is 11.5 Å². The molecular weight excluding hydrogens is 412 g/mol. The van der Waals surface area contributed by atoms with E-state index in [0.29, 0.717) is 5.56 Å². The largest absolute Gasteiger partial charge is 0.507 e. The zero-order valence-electron chi connectivity index (χ0n) is 18.4. The molecule has 5 N–H and O–H groups in total. The molecule has 0 spiro atoms. The lowest BCUT2D eigenvalue weighted by Crippen LogP contribution is -2.12. The van der Waals surface area contributed by atoms with Crippen LogP contribution in [0.2, 0.25) is 0 Å². The highest BCUT2D eigenvalue weighted by atomic mass is 16.3. The van der Waals surface area contributed by atoms with Gasteiger partial charge in [0.25, 0.3) is 0 Å². The van der Waals surface area contributed by atoms with E-state index in [-0.39, 0.29) is 46.4 Å². The standard InChI is InChI=1S/C25H26O7/c1-12(2)5-7-14-17(26)11-21(30)22-23(31)15(8-6-13(3)4)24(32-25(14)22)16-9-19(28)20(29)10-18(16)27/h5-6,9-11,26-30H,7-8H2,1-4H3. The van der Waals surface area contributed by atoms with Crippen LogP contribution in [0.15, 0.2) is 50.7 Å². The maximum absolute atomic E-state index is 13.5. The Bertz CT molecular complexity index is 1320. The van der Waals surface area contributed by atoms with Crippen molar-refractivity contribution >= 4 is 11.0 Å². The number of phenols is 5. The van der Waals surface area contributed by atoms with Gasteiger partial charge in [-0.1, -0.05) is 23.3 Å². The zero-order chi connectivity index (χ0) is 23.7. The molecule has 2 aromatic carbocycles. The Kier molecular flexibility index (Phi) is 6.20. The van der Waals surface area contributed by atoms with Gasteiger partial charge in [-0.25, -0.2) is 0 Å². The molecule has 3 rings (SSSR count). The second-order valence-electron chi connectivity index (χ2n) is 8.17. The molecule has 7 heteroatoms. The fourth-order valence-electron chi connectivity index (χ4n) is 3.38. The third-order valence-corrected chi connectivity index (χ3v) is 5.09. The van der Waals surface area contributed by atoms with Gasteiger partial charge in [0.05, 0.1) is 5.56 Å². The second kappa shape index (κ2) is 8.70. The van der Waals surface area contributed by atoms with Crippen LogP contribution in [0.1, 0.15) is 38.8 Å².